The van der Waals surface area contributed by atoms with E-state index in [1.54, 1.807) is 48.5 Å². The van der Waals surface area contributed by atoms with Crippen LogP contribution in [0.4, 0.5) is 11.4 Å². The Morgan fingerprint density at radius 3 is 2.57 bits per heavy atom. The predicted molar refractivity (Wildman–Crippen MR) is 118 cm³/mol. The summed E-state index contributed by atoms with van der Waals surface area (Å²) in [6.45, 7) is 1.80. The highest BCUT2D eigenvalue weighted by Gasteiger charge is 2.51. The smallest absolute Gasteiger partial charge is 0.268 e. The number of hydrogen-bond donors (Lipinski definition) is 2. The van der Waals surface area contributed by atoms with Crippen molar-refractivity contribution in [3.05, 3.63) is 94.5 Å². The molecule has 30 heavy (non-hydrogen) atoms. The summed E-state index contributed by atoms with van der Waals surface area (Å²) in [6.07, 6.45) is 0.774. The molecular weight excluding hydrogens is 400 g/mol. The van der Waals surface area contributed by atoms with Gasteiger partial charge in [-0.1, -0.05) is 67.1 Å². The lowest BCUT2D eigenvalue weighted by Gasteiger charge is -2.24. The van der Waals surface area contributed by atoms with Gasteiger partial charge < -0.3 is 10.4 Å². The molecule has 1 aliphatic rings. The lowest BCUT2D eigenvalue weighted by Crippen LogP contribution is -2.44. The molecule has 0 saturated heterocycles. The number of hydrogen-bond acceptors (Lipinski definition) is 3. The minimum atomic E-state index is -1.90. The van der Waals surface area contributed by atoms with E-state index in [2.05, 4.69) is 5.32 Å². The first kappa shape index (κ1) is 20.1. The van der Waals surface area contributed by atoms with E-state index in [9.17, 15) is 14.7 Å². The van der Waals surface area contributed by atoms with Crippen molar-refractivity contribution >= 4 is 34.8 Å². The van der Waals surface area contributed by atoms with Gasteiger partial charge in [-0.3, -0.25) is 14.5 Å². The van der Waals surface area contributed by atoms with Gasteiger partial charge in [0.05, 0.1) is 5.69 Å². The van der Waals surface area contributed by atoms with Crippen molar-refractivity contribution in [2.24, 2.45) is 0 Å². The topological polar surface area (TPSA) is 69.6 Å². The van der Waals surface area contributed by atoms with Crippen molar-refractivity contribution in [1.82, 2.24) is 0 Å². The molecule has 0 spiro atoms. The first-order valence-electron chi connectivity index (χ1n) is 9.72. The highest BCUT2D eigenvalue weighted by Crippen LogP contribution is 2.44. The molecular formula is C24H21ClN2O3. The van der Waals surface area contributed by atoms with Crippen molar-refractivity contribution in [1.29, 1.82) is 0 Å². The lowest BCUT2D eigenvalue weighted by atomic mass is 9.87. The van der Waals surface area contributed by atoms with E-state index in [4.69, 9.17) is 11.6 Å². The van der Waals surface area contributed by atoms with Crippen LogP contribution >= 0.6 is 11.6 Å². The summed E-state index contributed by atoms with van der Waals surface area (Å²) in [4.78, 5) is 27.5. The standard InChI is InChI=1S/C24H21ClN2O3/c1-2-16-8-3-5-12-20(16)26-22(28)15-27-21-13-6-4-11-19(21)24(30,23(27)29)17-9-7-10-18(25)14-17/h3-14,30H,2,15H2,1H3,(H,26,28)/t24-/m0/s1. The average molecular weight is 421 g/mol. The van der Waals surface area contributed by atoms with Crippen LogP contribution in [-0.4, -0.2) is 23.5 Å². The minimum absolute atomic E-state index is 0.212. The van der Waals surface area contributed by atoms with Crippen LogP contribution < -0.4 is 10.2 Å². The molecule has 5 nitrogen and oxygen atoms in total. The highest BCUT2D eigenvalue weighted by atomic mass is 35.5. The summed E-state index contributed by atoms with van der Waals surface area (Å²) in [5.74, 6) is -0.917. The van der Waals surface area contributed by atoms with Crippen molar-refractivity contribution in [3.63, 3.8) is 0 Å². The van der Waals surface area contributed by atoms with E-state index in [0.29, 0.717) is 21.8 Å². The van der Waals surface area contributed by atoms with Crippen LogP contribution in [0.15, 0.2) is 72.8 Å². The summed E-state index contributed by atoms with van der Waals surface area (Å²) in [5.41, 5.74) is 1.13. The fourth-order valence-corrected chi connectivity index (χ4v) is 4.06. The van der Waals surface area contributed by atoms with Gasteiger partial charge >= 0.3 is 0 Å². The Balaban J connectivity index is 1.66. The van der Waals surface area contributed by atoms with Gasteiger partial charge in [0.2, 0.25) is 5.91 Å². The molecule has 0 aromatic heterocycles. The molecule has 6 heteroatoms. The summed E-state index contributed by atoms with van der Waals surface area (Å²) in [7, 11) is 0. The molecule has 0 fully saturated rings. The van der Waals surface area contributed by atoms with Crippen molar-refractivity contribution in [2.75, 3.05) is 16.8 Å². The van der Waals surface area contributed by atoms with E-state index >= 15 is 0 Å². The van der Waals surface area contributed by atoms with Crippen LogP contribution in [-0.2, 0) is 21.6 Å². The number of anilines is 2. The zero-order chi connectivity index (χ0) is 21.3. The van der Waals surface area contributed by atoms with Crippen LogP contribution in [0.25, 0.3) is 0 Å². The molecule has 2 N–H and O–H groups in total. The SMILES string of the molecule is CCc1ccccc1NC(=O)CN1C(=O)[C@](O)(c2cccc(Cl)c2)c2ccccc21. The maximum absolute atomic E-state index is 13.4. The molecule has 0 unspecified atom stereocenters. The van der Waals surface area contributed by atoms with Crippen LogP contribution in [0.5, 0.6) is 0 Å². The van der Waals surface area contributed by atoms with Crippen LogP contribution in [0.3, 0.4) is 0 Å². The Morgan fingerprint density at radius 2 is 1.80 bits per heavy atom. The number of aryl methyl sites for hydroxylation is 1. The number of amides is 2. The van der Waals surface area contributed by atoms with Gasteiger partial charge in [0, 0.05) is 16.3 Å². The normalized spacial score (nSPS) is 17.7. The van der Waals surface area contributed by atoms with E-state index in [1.165, 1.54) is 4.90 Å². The van der Waals surface area contributed by atoms with Crippen molar-refractivity contribution < 1.29 is 14.7 Å². The first-order chi connectivity index (χ1) is 14.4. The zero-order valence-electron chi connectivity index (χ0n) is 16.4. The first-order valence-corrected chi connectivity index (χ1v) is 10.1. The lowest BCUT2D eigenvalue weighted by molar-refractivity contribution is -0.133. The Morgan fingerprint density at radius 1 is 1.07 bits per heavy atom. The molecule has 0 aliphatic carbocycles. The van der Waals surface area contributed by atoms with Crippen molar-refractivity contribution in [2.45, 2.75) is 18.9 Å². The second kappa shape index (κ2) is 7.94. The third kappa shape index (κ3) is 3.36. The summed E-state index contributed by atoms with van der Waals surface area (Å²) < 4.78 is 0. The van der Waals surface area contributed by atoms with Crippen LogP contribution in [0.1, 0.15) is 23.6 Å². The second-order valence-corrected chi connectivity index (χ2v) is 7.62. The van der Waals surface area contributed by atoms with E-state index in [1.807, 2.05) is 31.2 Å². The van der Waals surface area contributed by atoms with Crippen LogP contribution in [0.2, 0.25) is 5.02 Å². The third-order valence-corrected chi connectivity index (χ3v) is 5.59. The number of halogens is 1. The number of para-hydroxylation sites is 2. The van der Waals surface area contributed by atoms with Crippen LogP contribution in [0, 0.1) is 0 Å². The Bertz CT molecular complexity index is 1130. The Labute approximate surface area is 179 Å². The van der Waals surface area contributed by atoms with Gasteiger partial charge in [-0.15, -0.1) is 0 Å². The number of nitrogens with one attached hydrogen (secondary N) is 1. The number of fused-ring (bicyclic) bond motifs is 1. The molecule has 0 bridgehead atoms. The number of benzene rings is 3. The van der Waals surface area contributed by atoms with Gasteiger partial charge in [-0.25, -0.2) is 0 Å². The van der Waals surface area contributed by atoms with Crippen molar-refractivity contribution in [3.8, 4) is 0 Å². The van der Waals surface area contributed by atoms with Gasteiger partial charge in [0.15, 0.2) is 5.60 Å². The molecule has 1 aliphatic heterocycles. The number of nitrogens with zero attached hydrogens (tertiary/aromatic N) is 1. The van der Waals surface area contributed by atoms with Gasteiger partial charge in [-0.2, -0.15) is 0 Å². The molecule has 0 saturated carbocycles. The summed E-state index contributed by atoms with van der Waals surface area (Å²) >= 11 is 6.10. The fourth-order valence-electron chi connectivity index (χ4n) is 3.87. The maximum atomic E-state index is 13.4. The minimum Gasteiger partial charge on any atom is -0.372 e. The highest BCUT2D eigenvalue weighted by molar-refractivity contribution is 6.30. The Hall–Kier alpha value is -3.15. The summed E-state index contributed by atoms with van der Waals surface area (Å²) in [6, 6.07) is 21.1. The molecule has 2 amide bonds. The van der Waals surface area contributed by atoms with E-state index in [0.717, 1.165) is 17.7 Å². The molecule has 3 aromatic carbocycles. The quantitative estimate of drug-likeness (QED) is 0.652. The monoisotopic (exact) mass is 420 g/mol. The second-order valence-electron chi connectivity index (χ2n) is 7.19. The van der Waals surface area contributed by atoms with Gasteiger partial charge in [0.1, 0.15) is 6.54 Å². The van der Waals surface area contributed by atoms with E-state index < -0.39 is 11.5 Å². The summed E-state index contributed by atoms with van der Waals surface area (Å²) in [5, 5.41) is 14.8. The van der Waals surface area contributed by atoms with E-state index in [-0.39, 0.29) is 12.5 Å². The number of carbonyl (C=O) groups excluding carboxylic acids is 2. The fraction of sp³-hybridized carbons (Fsp3) is 0.167. The van der Waals surface area contributed by atoms with Gasteiger partial charge in [0.25, 0.3) is 5.91 Å². The van der Waals surface area contributed by atoms with Gasteiger partial charge in [-0.05, 0) is 41.8 Å². The number of carbonyl (C=O) groups is 2. The molecule has 3 aromatic rings. The molecule has 1 heterocycles. The molecule has 152 valence electrons. The number of aliphatic hydroxyl groups is 1. The predicted octanol–water partition coefficient (Wildman–Crippen LogP) is 4.12. The molecule has 0 radical (unpaired) electrons. The average Bonchev–Trinajstić information content (AvgIpc) is 2.97. The molecule has 4 rings (SSSR count). The third-order valence-electron chi connectivity index (χ3n) is 5.36. The number of rotatable bonds is 5. The zero-order valence-corrected chi connectivity index (χ0v) is 17.2. The Kier molecular flexibility index (Phi) is 5.33. The maximum Gasteiger partial charge on any atom is 0.268 e. The molecule has 1 atom stereocenters. The largest absolute Gasteiger partial charge is 0.372 e.